The summed E-state index contributed by atoms with van der Waals surface area (Å²) in [4.78, 5) is 15.2. The maximum absolute atomic E-state index is 5.49. The Morgan fingerprint density at radius 3 is 3.00 bits per heavy atom. The molecule has 5 heteroatoms. The highest BCUT2D eigenvalue weighted by Gasteiger charge is 2.29. The van der Waals surface area contributed by atoms with Crippen molar-refractivity contribution in [2.75, 3.05) is 18.6 Å². The summed E-state index contributed by atoms with van der Waals surface area (Å²) in [5.74, 6) is 1.65. The zero-order chi connectivity index (χ0) is 13.9. The number of nitrogens with zero attached hydrogens (tertiary/aromatic N) is 4. The third kappa shape index (κ3) is 2.19. The highest BCUT2D eigenvalue weighted by atomic mass is 16.5. The molecular weight excluding hydrogens is 252 g/mol. The summed E-state index contributed by atoms with van der Waals surface area (Å²) < 4.78 is 5.49. The first-order valence-electron chi connectivity index (χ1n) is 6.83. The Morgan fingerprint density at radius 1 is 1.35 bits per heavy atom. The summed E-state index contributed by atoms with van der Waals surface area (Å²) in [5, 5.41) is 0. The van der Waals surface area contributed by atoms with E-state index in [-0.39, 0.29) is 0 Å². The van der Waals surface area contributed by atoms with E-state index in [2.05, 4.69) is 25.9 Å². The molecule has 1 saturated heterocycles. The van der Waals surface area contributed by atoms with E-state index in [1.807, 2.05) is 19.2 Å². The van der Waals surface area contributed by atoms with Crippen molar-refractivity contribution in [1.29, 1.82) is 0 Å². The monoisotopic (exact) mass is 270 g/mol. The fourth-order valence-electron chi connectivity index (χ4n) is 2.83. The van der Waals surface area contributed by atoms with Gasteiger partial charge >= 0.3 is 0 Å². The maximum atomic E-state index is 5.49. The first-order chi connectivity index (χ1) is 9.81. The van der Waals surface area contributed by atoms with Crippen LogP contribution < -0.4 is 9.64 Å². The highest BCUT2D eigenvalue weighted by molar-refractivity contribution is 5.56. The van der Waals surface area contributed by atoms with Gasteiger partial charge in [-0.15, -0.1) is 0 Å². The molecule has 5 nitrogen and oxygen atoms in total. The average molecular weight is 270 g/mol. The van der Waals surface area contributed by atoms with Crippen molar-refractivity contribution in [2.45, 2.75) is 25.8 Å². The molecule has 0 spiro atoms. The Kier molecular flexibility index (Phi) is 3.50. The number of aryl methyl sites for hydroxylation is 1. The molecule has 20 heavy (non-hydrogen) atoms. The SMILES string of the molecule is COc1c(C)ncnc1N1CCC[C@H]1c1cccnc1. The van der Waals surface area contributed by atoms with E-state index in [1.165, 1.54) is 5.56 Å². The molecule has 3 heterocycles. The van der Waals surface area contributed by atoms with Gasteiger partial charge in [0.25, 0.3) is 0 Å². The summed E-state index contributed by atoms with van der Waals surface area (Å²) in [6.45, 7) is 2.92. The Hall–Kier alpha value is -2.17. The van der Waals surface area contributed by atoms with Crippen molar-refractivity contribution in [3.63, 3.8) is 0 Å². The van der Waals surface area contributed by atoms with Crippen molar-refractivity contribution in [3.05, 3.63) is 42.1 Å². The van der Waals surface area contributed by atoms with Gasteiger partial charge in [-0.25, -0.2) is 9.97 Å². The second kappa shape index (κ2) is 5.45. The molecule has 3 rings (SSSR count). The standard InChI is InChI=1S/C15H18N4O/c1-11-14(20-2)15(18-10-17-11)19-8-4-6-13(19)12-5-3-7-16-9-12/h3,5,7,9-10,13H,4,6,8H2,1-2H3/t13-/m0/s1. The predicted molar refractivity (Wildman–Crippen MR) is 76.9 cm³/mol. The number of anilines is 1. The summed E-state index contributed by atoms with van der Waals surface area (Å²) in [7, 11) is 1.67. The van der Waals surface area contributed by atoms with E-state index in [0.717, 1.165) is 36.6 Å². The van der Waals surface area contributed by atoms with Gasteiger partial charge in [0.05, 0.1) is 18.8 Å². The molecule has 0 amide bonds. The minimum atomic E-state index is 0.312. The van der Waals surface area contributed by atoms with Crippen molar-refractivity contribution < 1.29 is 4.74 Å². The van der Waals surface area contributed by atoms with E-state index in [4.69, 9.17) is 4.74 Å². The molecule has 1 fully saturated rings. The number of hydrogen-bond donors (Lipinski definition) is 0. The van der Waals surface area contributed by atoms with Crippen molar-refractivity contribution in [1.82, 2.24) is 15.0 Å². The van der Waals surface area contributed by atoms with Crippen LogP contribution in [0.15, 0.2) is 30.9 Å². The van der Waals surface area contributed by atoms with Crippen LogP contribution in [0.25, 0.3) is 0 Å². The van der Waals surface area contributed by atoms with Crippen LogP contribution in [0.2, 0.25) is 0 Å². The van der Waals surface area contributed by atoms with Gasteiger partial charge in [-0.3, -0.25) is 4.98 Å². The van der Waals surface area contributed by atoms with Crippen molar-refractivity contribution >= 4 is 5.82 Å². The summed E-state index contributed by atoms with van der Waals surface area (Å²) in [6.07, 6.45) is 7.59. The van der Waals surface area contributed by atoms with Gasteiger partial charge in [-0.1, -0.05) is 6.07 Å². The lowest BCUT2D eigenvalue weighted by molar-refractivity contribution is 0.406. The van der Waals surface area contributed by atoms with Crippen LogP contribution in [0.3, 0.4) is 0 Å². The lowest BCUT2D eigenvalue weighted by Gasteiger charge is -2.27. The first kappa shape index (κ1) is 12.8. The second-order valence-corrected chi connectivity index (χ2v) is 4.95. The fourth-order valence-corrected chi connectivity index (χ4v) is 2.83. The largest absolute Gasteiger partial charge is 0.491 e. The van der Waals surface area contributed by atoms with Gasteiger partial charge in [0, 0.05) is 18.9 Å². The number of rotatable bonds is 3. The van der Waals surface area contributed by atoms with Crippen LogP contribution in [-0.2, 0) is 0 Å². The zero-order valence-corrected chi connectivity index (χ0v) is 11.8. The Balaban J connectivity index is 1.99. The average Bonchev–Trinajstić information content (AvgIpc) is 2.97. The Bertz CT molecular complexity index is 588. The number of methoxy groups -OCH3 is 1. The van der Waals surface area contributed by atoms with Gasteiger partial charge in [-0.2, -0.15) is 0 Å². The molecule has 0 unspecified atom stereocenters. The molecule has 0 bridgehead atoms. The highest BCUT2D eigenvalue weighted by Crippen LogP contribution is 2.39. The molecule has 0 aromatic carbocycles. The van der Waals surface area contributed by atoms with Crippen LogP contribution in [0.1, 0.15) is 30.1 Å². The molecule has 0 radical (unpaired) electrons. The van der Waals surface area contributed by atoms with E-state index >= 15 is 0 Å². The van der Waals surface area contributed by atoms with Crippen molar-refractivity contribution in [3.8, 4) is 5.75 Å². The van der Waals surface area contributed by atoms with Crippen LogP contribution in [0.5, 0.6) is 5.75 Å². The molecule has 0 saturated carbocycles. The van der Waals surface area contributed by atoms with Gasteiger partial charge < -0.3 is 9.64 Å². The number of aromatic nitrogens is 3. The van der Waals surface area contributed by atoms with Crippen molar-refractivity contribution in [2.24, 2.45) is 0 Å². The molecule has 1 aliphatic heterocycles. The second-order valence-electron chi connectivity index (χ2n) is 4.95. The maximum Gasteiger partial charge on any atom is 0.182 e. The topological polar surface area (TPSA) is 51.1 Å². The van der Waals surface area contributed by atoms with Gasteiger partial charge in [0.2, 0.25) is 0 Å². The smallest absolute Gasteiger partial charge is 0.182 e. The molecule has 0 N–H and O–H groups in total. The third-order valence-electron chi connectivity index (χ3n) is 3.76. The minimum absolute atomic E-state index is 0.312. The van der Waals surface area contributed by atoms with E-state index in [1.54, 1.807) is 19.6 Å². The molecule has 2 aromatic heterocycles. The van der Waals surface area contributed by atoms with Crippen LogP contribution in [0.4, 0.5) is 5.82 Å². The van der Waals surface area contributed by atoms with Crippen LogP contribution in [0, 0.1) is 6.92 Å². The summed E-state index contributed by atoms with van der Waals surface area (Å²) in [6, 6.07) is 4.41. The van der Waals surface area contributed by atoms with Crippen LogP contribution in [-0.4, -0.2) is 28.6 Å². The fraction of sp³-hybridized carbons (Fsp3) is 0.400. The lowest BCUT2D eigenvalue weighted by atomic mass is 10.1. The molecule has 1 atom stereocenters. The summed E-state index contributed by atoms with van der Waals surface area (Å²) >= 11 is 0. The van der Waals surface area contributed by atoms with Gasteiger partial charge in [0.1, 0.15) is 6.33 Å². The Morgan fingerprint density at radius 2 is 2.25 bits per heavy atom. The molecule has 0 aliphatic carbocycles. The molecular formula is C15H18N4O. The number of pyridine rings is 1. The summed E-state index contributed by atoms with van der Waals surface area (Å²) in [5.41, 5.74) is 2.10. The Labute approximate surface area is 118 Å². The minimum Gasteiger partial charge on any atom is -0.491 e. The third-order valence-corrected chi connectivity index (χ3v) is 3.76. The van der Waals surface area contributed by atoms with Gasteiger partial charge in [-0.05, 0) is 31.4 Å². The molecule has 104 valence electrons. The molecule has 1 aliphatic rings. The normalized spacial score (nSPS) is 18.3. The predicted octanol–water partition coefficient (Wildman–Crippen LogP) is 2.53. The van der Waals surface area contributed by atoms with E-state index in [0.29, 0.717) is 6.04 Å². The number of hydrogen-bond acceptors (Lipinski definition) is 5. The van der Waals surface area contributed by atoms with Gasteiger partial charge in [0.15, 0.2) is 11.6 Å². The molecule has 2 aromatic rings. The number of ether oxygens (including phenoxy) is 1. The van der Waals surface area contributed by atoms with E-state index < -0.39 is 0 Å². The zero-order valence-electron chi connectivity index (χ0n) is 11.8. The van der Waals surface area contributed by atoms with E-state index in [9.17, 15) is 0 Å². The lowest BCUT2D eigenvalue weighted by Crippen LogP contribution is -2.24. The van der Waals surface area contributed by atoms with Crippen LogP contribution >= 0.6 is 0 Å². The quantitative estimate of drug-likeness (QED) is 0.857. The first-order valence-corrected chi connectivity index (χ1v) is 6.83.